The third-order valence-corrected chi connectivity index (χ3v) is 0.860. The normalized spacial score (nSPS) is 14.1. The van der Waals surface area contributed by atoms with E-state index in [1.54, 1.807) is 6.08 Å². The minimum atomic E-state index is 0.303. The zero-order valence-electron chi connectivity index (χ0n) is 5.04. The summed E-state index contributed by atoms with van der Waals surface area (Å²) in [7, 11) is 0. The topological polar surface area (TPSA) is 32.6 Å². The van der Waals surface area contributed by atoms with Crippen LogP contribution in [0, 0.1) is 5.92 Å². The zero-order chi connectivity index (χ0) is 6.41. The Hall–Kier alpha value is -0.790. The number of hydrogen-bond acceptors (Lipinski definition) is 2. The molecule has 1 atom stereocenters. The van der Waals surface area contributed by atoms with Crippen LogP contribution in [0.3, 0.4) is 0 Å². The van der Waals surface area contributed by atoms with E-state index >= 15 is 0 Å². The molecule has 46 valence electrons. The van der Waals surface area contributed by atoms with Gasteiger partial charge in [-0.25, -0.2) is 0 Å². The summed E-state index contributed by atoms with van der Waals surface area (Å²) in [5.74, 6) is 0.303. The van der Waals surface area contributed by atoms with Crippen LogP contribution in [0.1, 0.15) is 13.3 Å². The van der Waals surface area contributed by atoms with Crippen molar-refractivity contribution in [3.05, 3.63) is 12.7 Å². The van der Waals surface area contributed by atoms with Gasteiger partial charge in [0.05, 0.1) is 0 Å². The maximum atomic E-state index is 8.00. The fourth-order valence-electron chi connectivity index (χ4n) is 0.438. The molecule has 0 aliphatic heterocycles. The first-order valence-corrected chi connectivity index (χ1v) is 2.59. The fraction of sp³-hybridized carbons (Fsp3) is 0.500. The summed E-state index contributed by atoms with van der Waals surface area (Å²) in [6, 6.07) is 0. The van der Waals surface area contributed by atoms with Crippen molar-refractivity contribution in [1.29, 1.82) is 0 Å². The third kappa shape index (κ3) is 3.40. The lowest BCUT2D eigenvalue weighted by Crippen LogP contribution is -1.91. The molecule has 0 heterocycles. The fourth-order valence-corrected chi connectivity index (χ4v) is 0.438. The van der Waals surface area contributed by atoms with Gasteiger partial charge in [0.25, 0.3) is 0 Å². The molecule has 0 aromatic heterocycles. The number of nitrogens with zero attached hydrogens (tertiary/aromatic N) is 1. The Morgan fingerprint density at radius 3 is 2.88 bits per heavy atom. The van der Waals surface area contributed by atoms with Gasteiger partial charge in [0.2, 0.25) is 0 Å². The molecule has 0 radical (unpaired) electrons. The Morgan fingerprint density at radius 1 is 1.88 bits per heavy atom. The van der Waals surface area contributed by atoms with Gasteiger partial charge < -0.3 is 5.21 Å². The van der Waals surface area contributed by atoms with E-state index in [1.807, 2.05) is 6.92 Å². The standard InChI is InChI=1S/C6H11NO/c1-3-4-6(2)5-7-8/h3,5-6,8H,1,4H2,2H3. The highest BCUT2D eigenvalue weighted by Gasteiger charge is 1.90. The van der Waals surface area contributed by atoms with Crippen LogP contribution < -0.4 is 0 Å². The second-order valence-electron chi connectivity index (χ2n) is 1.77. The second-order valence-corrected chi connectivity index (χ2v) is 1.77. The molecule has 0 fully saturated rings. The van der Waals surface area contributed by atoms with Crippen molar-refractivity contribution in [3.8, 4) is 0 Å². The van der Waals surface area contributed by atoms with Gasteiger partial charge in [-0.15, -0.1) is 11.7 Å². The average molecular weight is 113 g/mol. The monoisotopic (exact) mass is 113 g/mol. The van der Waals surface area contributed by atoms with Gasteiger partial charge in [-0.1, -0.05) is 13.0 Å². The van der Waals surface area contributed by atoms with Gasteiger partial charge in [-0.05, 0) is 12.3 Å². The van der Waals surface area contributed by atoms with E-state index in [2.05, 4.69) is 11.7 Å². The Balaban J connectivity index is 3.31. The van der Waals surface area contributed by atoms with Gasteiger partial charge in [-0.2, -0.15) is 0 Å². The van der Waals surface area contributed by atoms with Gasteiger partial charge in [-0.3, -0.25) is 0 Å². The molecule has 1 unspecified atom stereocenters. The van der Waals surface area contributed by atoms with Crippen LogP contribution in [0.25, 0.3) is 0 Å². The van der Waals surface area contributed by atoms with E-state index in [0.29, 0.717) is 5.92 Å². The van der Waals surface area contributed by atoms with Crippen molar-refractivity contribution in [3.63, 3.8) is 0 Å². The molecule has 0 saturated carbocycles. The Labute approximate surface area is 49.5 Å². The molecule has 2 nitrogen and oxygen atoms in total. The summed E-state index contributed by atoms with van der Waals surface area (Å²) in [4.78, 5) is 0. The quantitative estimate of drug-likeness (QED) is 0.257. The predicted octanol–water partition coefficient (Wildman–Crippen LogP) is 1.66. The van der Waals surface area contributed by atoms with Crippen molar-refractivity contribution >= 4 is 6.21 Å². The second kappa shape index (κ2) is 4.37. The molecule has 0 spiro atoms. The minimum absolute atomic E-state index is 0.303. The highest BCUT2D eigenvalue weighted by molar-refractivity contribution is 5.59. The molecule has 0 rings (SSSR count). The third-order valence-electron chi connectivity index (χ3n) is 0.860. The Kier molecular flexibility index (Phi) is 3.94. The van der Waals surface area contributed by atoms with Gasteiger partial charge in [0, 0.05) is 6.21 Å². The Morgan fingerprint density at radius 2 is 2.50 bits per heavy atom. The van der Waals surface area contributed by atoms with Crippen molar-refractivity contribution in [2.45, 2.75) is 13.3 Å². The summed E-state index contributed by atoms with van der Waals surface area (Å²) >= 11 is 0. The van der Waals surface area contributed by atoms with Crippen LogP contribution in [-0.2, 0) is 0 Å². The van der Waals surface area contributed by atoms with Gasteiger partial charge >= 0.3 is 0 Å². The number of oxime groups is 1. The van der Waals surface area contributed by atoms with E-state index in [0.717, 1.165) is 6.42 Å². The maximum absolute atomic E-state index is 8.00. The molecule has 0 aliphatic carbocycles. The van der Waals surface area contributed by atoms with Crippen molar-refractivity contribution < 1.29 is 5.21 Å². The summed E-state index contributed by atoms with van der Waals surface area (Å²) < 4.78 is 0. The zero-order valence-corrected chi connectivity index (χ0v) is 5.04. The van der Waals surface area contributed by atoms with Crippen molar-refractivity contribution in [2.24, 2.45) is 11.1 Å². The highest BCUT2D eigenvalue weighted by Crippen LogP contribution is 1.96. The first-order chi connectivity index (χ1) is 3.81. The minimum Gasteiger partial charge on any atom is -0.411 e. The summed E-state index contributed by atoms with van der Waals surface area (Å²) in [5.41, 5.74) is 0. The first kappa shape index (κ1) is 7.21. The van der Waals surface area contributed by atoms with E-state index in [9.17, 15) is 0 Å². The van der Waals surface area contributed by atoms with E-state index in [4.69, 9.17) is 5.21 Å². The molecule has 2 heteroatoms. The largest absolute Gasteiger partial charge is 0.411 e. The van der Waals surface area contributed by atoms with Crippen molar-refractivity contribution in [1.82, 2.24) is 0 Å². The highest BCUT2D eigenvalue weighted by atomic mass is 16.4. The molecule has 0 amide bonds. The van der Waals surface area contributed by atoms with E-state index < -0.39 is 0 Å². The number of hydrogen-bond donors (Lipinski definition) is 1. The lowest BCUT2D eigenvalue weighted by molar-refractivity contribution is 0.318. The molecule has 8 heavy (non-hydrogen) atoms. The predicted molar refractivity (Wildman–Crippen MR) is 34.3 cm³/mol. The molecule has 0 aromatic carbocycles. The molecule has 1 N–H and O–H groups in total. The smallest absolute Gasteiger partial charge is 0.0467 e. The number of rotatable bonds is 3. The van der Waals surface area contributed by atoms with Gasteiger partial charge in [0.15, 0.2) is 0 Å². The van der Waals surface area contributed by atoms with Gasteiger partial charge in [0.1, 0.15) is 0 Å². The van der Waals surface area contributed by atoms with Crippen molar-refractivity contribution in [2.75, 3.05) is 0 Å². The summed E-state index contributed by atoms with van der Waals surface area (Å²) in [6.45, 7) is 5.50. The van der Waals surface area contributed by atoms with Crippen LogP contribution in [-0.4, -0.2) is 11.4 Å². The maximum Gasteiger partial charge on any atom is 0.0467 e. The van der Waals surface area contributed by atoms with E-state index in [-0.39, 0.29) is 0 Å². The van der Waals surface area contributed by atoms with Crippen LogP contribution >= 0.6 is 0 Å². The Bertz CT molecular complexity index is 88.5. The lowest BCUT2D eigenvalue weighted by atomic mass is 10.1. The van der Waals surface area contributed by atoms with E-state index in [1.165, 1.54) is 6.21 Å². The summed E-state index contributed by atoms with van der Waals surface area (Å²) in [5, 5.41) is 10.9. The molecular weight excluding hydrogens is 102 g/mol. The summed E-state index contributed by atoms with van der Waals surface area (Å²) in [6.07, 6.45) is 4.15. The lowest BCUT2D eigenvalue weighted by Gasteiger charge is -1.94. The SMILES string of the molecule is C=CCC(C)C=NO. The first-order valence-electron chi connectivity index (χ1n) is 2.59. The molecule has 0 aromatic rings. The average Bonchev–Trinajstić information content (AvgIpc) is 1.68. The van der Waals surface area contributed by atoms with Crippen LogP contribution in [0.2, 0.25) is 0 Å². The van der Waals surface area contributed by atoms with Crippen LogP contribution in [0.15, 0.2) is 17.8 Å². The number of allylic oxidation sites excluding steroid dienone is 1. The van der Waals surface area contributed by atoms with Crippen LogP contribution in [0.4, 0.5) is 0 Å². The molecule has 0 saturated heterocycles. The molecule has 0 aliphatic rings. The molecular formula is C6H11NO. The molecule has 0 bridgehead atoms. The van der Waals surface area contributed by atoms with Crippen LogP contribution in [0.5, 0.6) is 0 Å².